The number of hydrogen-bond donors (Lipinski definition) is 12. The first-order chi connectivity index (χ1) is 53.3. The van der Waals surface area contributed by atoms with E-state index >= 15 is 0 Å². The van der Waals surface area contributed by atoms with E-state index in [1.807, 2.05) is 6.08 Å². The third-order valence-electron chi connectivity index (χ3n) is 21.0. The summed E-state index contributed by atoms with van der Waals surface area (Å²) in [6, 6.07) is -1.00. The summed E-state index contributed by atoms with van der Waals surface area (Å²) in [6.45, 7) is 1.63. The van der Waals surface area contributed by atoms with Gasteiger partial charge in [-0.25, -0.2) is 0 Å². The molecular weight excluding hydrogens is 1380 g/mol. The maximum absolute atomic E-state index is 13.5. The number of aliphatic hydroxyl groups excluding tert-OH is 11. The highest BCUT2D eigenvalue weighted by atomic mass is 16.8. The maximum atomic E-state index is 13.5. The SMILES string of the molecule is CC/C=C\C/C=C\C/C=C\C/C=C\C/C=C\C/C=C\CCCCCCCCCCCCCCCCCCC(=O)NC(COC1OC(CO)C(OC2OC(CO)C(OC3OC(CO)C(O)C(O)C3O)C(O)C2O)C(O)C1O)C(O)/C=C/CC/C=C/CC/C=C/CCCCCCCCCCCCCCCCCCCCC. The summed E-state index contributed by atoms with van der Waals surface area (Å²) in [5.41, 5.74) is 0. The van der Waals surface area contributed by atoms with E-state index in [4.69, 9.17) is 28.4 Å². The van der Waals surface area contributed by atoms with Crippen molar-refractivity contribution in [3.05, 3.63) is 109 Å². The first-order valence-corrected chi connectivity index (χ1v) is 43.6. The molecule has 0 spiro atoms. The van der Waals surface area contributed by atoms with Gasteiger partial charge in [-0.1, -0.05) is 329 Å². The summed E-state index contributed by atoms with van der Waals surface area (Å²) >= 11 is 0. The Morgan fingerprint density at radius 1 is 0.339 bits per heavy atom. The van der Waals surface area contributed by atoms with Crippen LogP contribution in [0.5, 0.6) is 0 Å². The Morgan fingerprint density at radius 3 is 1.03 bits per heavy atom. The minimum Gasteiger partial charge on any atom is -0.394 e. The number of aliphatic hydroxyl groups is 11. The number of unbranched alkanes of at least 4 members (excludes halogenated alkanes) is 37. The minimum absolute atomic E-state index is 0.227. The van der Waals surface area contributed by atoms with Crippen molar-refractivity contribution in [2.45, 2.75) is 426 Å². The molecule has 19 heteroatoms. The Morgan fingerprint density at radius 2 is 0.642 bits per heavy atom. The third kappa shape index (κ3) is 47.8. The summed E-state index contributed by atoms with van der Waals surface area (Å²) in [5.74, 6) is -0.289. The lowest BCUT2D eigenvalue weighted by atomic mass is 9.96. The van der Waals surface area contributed by atoms with Gasteiger partial charge in [-0.2, -0.15) is 0 Å². The largest absolute Gasteiger partial charge is 0.394 e. The van der Waals surface area contributed by atoms with E-state index in [9.17, 15) is 61.0 Å². The van der Waals surface area contributed by atoms with Gasteiger partial charge < -0.3 is 89.9 Å². The molecule has 12 N–H and O–H groups in total. The van der Waals surface area contributed by atoms with Gasteiger partial charge in [0.1, 0.15) is 73.2 Å². The molecule has 0 bridgehead atoms. The average Bonchev–Trinajstić information content (AvgIpc) is 0.749. The van der Waals surface area contributed by atoms with Crippen molar-refractivity contribution in [2.75, 3.05) is 26.4 Å². The zero-order valence-electron chi connectivity index (χ0n) is 67.8. The normalized spacial score (nSPS) is 25.8. The molecule has 1 amide bonds. The third-order valence-corrected chi connectivity index (χ3v) is 21.0. The molecule has 17 atom stereocenters. The summed E-state index contributed by atoms with van der Waals surface area (Å²) in [5, 5.41) is 121. The molecule has 3 saturated heterocycles. The number of nitrogens with one attached hydrogen (secondary N) is 1. The van der Waals surface area contributed by atoms with Gasteiger partial charge in [-0.05, 0) is 96.3 Å². The lowest BCUT2D eigenvalue weighted by molar-refractivity contribution is -0.379. The first-order valence-electron chi connectivity index (χ1n) is 43.6. The van der Waals surface area contributed by atoms with E-state index in [0.29, 0.717) is 12.8 Å². The molecule has 630 valence electrons. The molecule has 3 fully saturated rings. The van der Waals surface area contributed by atoms with E-state index in [1.54, 1.807) is 6.08 Å². The number of hydrogen-bond acceptors (Lipinski definition) is 18. The van der Waals surface area contributed by atoms with Crippen LogP contribution in [0, 0.1) is 0 Å². The predicted octanol–water partition coefficient (Wildman–Crippen LogP) is 16.1. The van der Waals surface area contributed by atoms with Crippen molar-refractivity contribution in [2.24, 2.45) is 0 Å². The van der Waals surface area contributed by atoms with Crippen molar-refractivity contribution >= 4 is 5.91 Å². The quantitative estimate of drug-likeness (QED) is 0.0199. The van der Waals surface area contributed by atoms with Gasteiger partial charge in [-0.15, -0.1) is 0 Å². The number of ether oxygens (including phenoxy) is 6. The van der Waals surface area contributed by atoms with Gasteiger partial charge in [0.25, 0.3) is 0 Å². The molecule has 3 aliphatic rings. The van der Waals surface area contributed by atoms with Crippen LogP contribution < -0.4 is 5.32 Å². The van der Waals surface area contributed by atoms with Gasteiger partial charge in [0.15, 0.2) is 18.9 Å². The number of rotatable bonds is 69. The molecule has 19 nitrogen and oxygen atoms in total. The van der Waals surface area contributed by atoms with Crippen LogP contribution in [0.15, 0.2) is 109 Å². The number of carbonyl (C=O) groups excluding carboxylic acids is 1. The molecule has 0 radical (unpaired) electrons. The Labute approximate surface area is 659 Å². The summed E-state index contributed by atoms with van der Waals surface area (Å²) in [4.78, 5) is 13.5. The van der Waals surface area contributed by atoms with Crippen LogP contribution in [0.25, 0.3) is 0 Å². The smallest absolute Gasteiger partial charge is 0.220 e. The zero-order valence-corrected chi connectivity index (χ0v) is 67.8. The van der Waals surface area contributed by atoms with Gasteiger partial charge >= 0.3 is 0 Å². The number of carbonyl (C=O) groups is 1. The molecule has 3 aliphatic heterocycles. The van der Waals surface area contributed by atoms with Gasteiger partial charge in [0, 0.05) is 6.42 Å². The average molecular weight is 1540 g/mol. The summed E-state index contributed by atoms with van der Waals surface area (Å²) in [6.07, 6.45) is 69.4. The van der Waals surface area contributed by atoms with E-state index in [0.717, 1.165) is 83.5 Å². The number of amides is 1. The van der Waals surface area contributed by atoms with Crippen LogP contribution in [0.4, 0.5) is 0 Å². The van der Waals surface area contributed by atoms with E-state index < -0.39 is 124 Å². The molecular formula is C90H157NO18. The zero-order chi connectivity index (χ0) is 78.8. The molecule has 0 aliphatic carbocycles. The van der Waals surface area contributed by atoms with Crippen LogP contribution in [-0.2, 0) is 33.2 Å². The minimum atomic E-state index is -1.99. The monoisotopic (exact) mass is 1540 g/mol. The second kappa shape index (κ2) is 68.8. The van der Waals surface area contributed by atoms with Crippen LogP contribution in [-0.4, -0.2) is 193 Å². The molecule has 3 heterocycles. The molecule has 109 heavy (non-hydrogen) atoms. The van der Waals surface area contributed by atoms with Crippen molar-refractivity contribution in [1.82, 2.24) is 5.32 Å². The number of allylic oxidation sites excluding steroid dienone is 17. The fourth-order valence-electron chi connectivity index (χ4n) is 14.1. The Hall–Kier alpha value is -3.55. The first kappa shape index (κ1) is 99.6. The fourth-order valence-corrected chi connectivity index (χ4v) is 14.1. The van der Waals surface area contributed by atoms with E-state index in [-0.39, 0.29) is 18.9 Å². The Balaban J connectivity index is 1.36. The molecule has 0 aromatic heterocycles. The molecule has 17 unspecified atom stereocenters. The molecule has 0 aromatic carbocycles. The van der Waals surface area contributed by atoms with Crippen molar-refractivity contribution < 1.29 is 89.4 Å². The molecule has 0 aromatic rings. The lowest BCUT2D eigenvalue weighted by Crippen LogP contribution is -2.66. The predicted molar refractivity (Wildman–Crippen MR) is 438 cm³/mol. The van der Waals surface area contributed by atoms with Crippen LogP contribution in [0.3, 0.4) is 0 Å². The maximum Gasteiger partial charge on any atom is 0.220 e. The second-order valence-corrected chi connectivity index (χ2v) is 30.6. The van der Waals surface area contributed by atoms with Crippen molar-refractivity contribution in [1.29, 1.82) is 0 Å². The lowest BCUT2D eigenvalue weighted by Gasteiger charge is -2.48. The highest BCUT2D eigenvalue weighted by molar-refractivity contribution is 5.76. The van der Waals surface area contributed by atoms with Crippen molar-refractivity contribution in [3.8, 4) is 0 Å². The highest BCUT2D eigenvalue weighted by Gasteiger charge is 2.54. The summed E-state index contributed by atoms with van der Waals surface area (Å²) < 4.78 is 34.5. The van der Waals surface area contributed by atoms with E-state index in [2.05, 4.69) is 116 Å². The van der Waals surface area contributed by atoms with Gasteiger partial charge in [0.05, 0.1) is 38.6 Å². The van der Waals surface area contributed by atoms with Crippen LogP contribution >= 0.6 is 0 Å². The van der Waals surface area contributed by atoms with Crippen LogP contribution in [0.1, 0.15) is 322 Å². The fraction of sp³-hybridized carbons (Fsp3) is 0.789. The Kier molecular flexibility index (Phi) is 62.9. The highest BCUT2D eigenvalue weighted by Crippen LogP contribution is 2.33. The van der Waals surface area contributed by atoms with Crippen LogP contribution in [0.2, 0.25) is 0 Å². The van der Waals surface area contributed by atoms with Crippen molar-refractivity contribution in [3.63, 3.8) is 0 Å². The topological polar surface area (TPSA) is 307 Å². The van der Waals surface area contributed by atoms with Gasteiger partial charge in [0.2, 0.25) is 5.91 Å². The second-order valence-electron chi connectivity index (χ2n) is 30.6. The van der Waals surface area contributed by atoms with Gasteiger partial charge in [-0.3, -0.25) is 4.79 Å². The summed E-state index contributed by atoms with van der Waals surface area (Å²) in [7, 11) is 0. The standard InChI is InChI=1S/C90H157NO18/c1-3-5-7-9-11-13-15-17-19-21-23-25-27-29-31-33-34-35-36-37-38-40-42-44-46-48-50-52-54-56-58-60-62-64-66-68-78(96)91-73(74(95)67-65-63-61-59-57-55-53-51-49-47-45-43-41-39-32-30-28-26-24-22-20-18-16-14-12-10-8-6-4-2)72-104-88-84(102)81(99)86(76(70-93)106-88)109-90-85(103)82(100)87(77(71-94)107-90)108-89-83(101)80(98)79(97)75(69-92)105-89/h5,7,11,13,17,19,23,25,29,31,34-35,49,51,57,59,65,67,73-77,79-90,92-95,97-103H,3-4,6,8-10,12,14-16,18,20-22,24,26-28,30,32-33,36-48,50,52-56,58,60-64,66,68-72H2,1-2H3,(H,91,96)/b7-5-,13-11-,19-17-,25-23-,31-29-,35-34-,51-49+,59-57+,67-65+. The molecule has 3 rings (SSSR count). The Bertz CT molecular complexity index is 2390. The molecule has 0 saturated carbocycles. The van der Waals surface area contributed by atoms with E-state index in [1.165, 1.54) is 205 Å².